The largest absolute Gasteiger partial charge is 0.481 e. The first-order chi connectivity index (χ1) is 9.15. The lowest BCUT2D eigenvalue weighted by Crippen LogP contribution is -2.20. The third-order valence-corrected chi connectivity index (χ3v) is 3.55. The van der Waals surface area contributed by atoms with Gasteiger partial charge in [0.05, 0.1) is 12.0 Å². The number of rotatable bonds is 7. The normalized spacial score (nSPS) is 11.1. The summed E-state index contributed by atoms with van der Waals surface area (Å²) in [6, 6.07) is 3.73. The van der Waals surface area contributed by atoms with Gasteiger partial charge in [0.2, 0.25) is 0 Å². The van der Waals surface area contributed by atoms with E-state index in [1.165, 1.54) is 0 Å². The number of thiazole rings is 1. The molecular weight excluding hydrogens is 264 g/mol. The summed E-state index contributed by atoms with van der Waals surface area (Å²) < 4.78 is 5.30. The van der Waals surface area contributed by atoms with Crippen LogP contribution in [0.15, 0.2) is 28.2 Å². The highest BCUT2D eigenvalue weighted by molar-refractivity contribution is 7.13. The van der Waals surface area contributed by atoms with Crippen LogP contribution in [0.4, 0.5) is 0 Å². The van der Waals surface area contributed by atoms with Crippen LogP contribution < -0.4 is 0 Å². The summed E-state index contributed by atoms with van der Waals surface area (Å²) >= 11 is 1.55. The molecule has 0 unspecified atom stereocenters. The third kappa shape index (κ3) is 4.18. The first-order valence-corrected chi connectivity index (χ1v) is 6.92. The van der Waals surface area contributed by atoms with E-state index in [0.29, 0.717) is 6.42 Å². The van der Waals surface area contributed by atoms with Crippen molar-refractivity contribution in [1.29, 1.82) is 0 Å². The zero-order valence-corrected chi connectivity index (χ0v) is 11.5. The molecule has 19 heavy (non-hydrogen) atoms. The molecule has 0 aromatic carbocycles. The molecule has 2 heterocycles. The van der Waals surface area contributed by atoms with Crippen LogP contribution in [-0.2, 0) is 11.3 Å². The Kier molecular flexibility index (Phi) is 4.70. The summed E-state index contributed by atoms with van der Waals surface area (Å²) in [7, 11) is 1.97. The maximum atomic E-state index is 10.4. The Balaban J connectivity index is 1.84. The second-order valence-corrected chi connectivity index (χ2v) is 5.21. The van der Waals surface area contributed by atoms with Crippen molar-refractivity contribution in [2.75, 3.05) is 13.6 Å². The standard InChI is InChI=1S/C13H16N2O3S/c1-15(6-2-5-12(16)17)8-10-9-19-13(14-10)11-4-3-7-18-11/h3-4,7,9H,2,5-6,8H2,1H3,(H,16,17). The minimum absolute atomic E-state index is 0.207. The summed E-state index contributed by atoms with van der Waals surface area (Å²) in [5.41, 5.74) is 0.981. The van der Waals surface area contributed by atoms with Crippen molar-refractivity contribution in [3.05, 3.63) is 29.5 Å². The molecule has 0 saturated heterocycles. The number of hydrogen-bond donors (Lipinski definition) is 1. The zero-order chi connectivity index (χ0) is 13.7. The van der Waals surface area contributed by atoms with Gasteiger partial charge in [0.1, 0.15) is 0 Å². The maximum Gasteiger partial charge on any atom is 0.303 e. The van der Waals surface area contributed by atoms with E-state index in [0.717, 1.165) is 29.6 Å². The van der Waals surface area contributed by atoms with Gasteiger partial charge in [-0.2, -0.15) is 0 Å². The van der Waals surface area contributed by atoms with Crippen LogP contribution in [0.5, 0.6) is 0 Å². The van der Waals surface area contributed by atoms with E-state index < -0.39 is 5.97 Å². The molecule has 2 aromatic heterocycles. The van der Waals surface area contributed by atoms with Gasteiger partial charge < -0.3 is 14.4 Å². The Morgan fingerprint density at radius 1 is 1.58 bits per heavy atom. The van der Waals surface area contributed by atoms with Crippen molar-refractivity contribution in [1.82, 2.24) is 9.88 Å². The lowest BCUT2D eigenvalue weighted by molar-refractivity contribution is -0.137. The molecule has 0 aliphatic carbocycles. The average molecular weight is 280 g/mol. The van der Waals surface area contributed by atoms with Crippen LogP contribution in [0.3, 0.4) is 0 Å². The number of carboxylic acid groups (broad SMARTS) is 1. The number of aliphatic carboxylic acids is 1. The van der Waals surface area contributed by atoms with Gasteiger partial charge in [0.15, 0.2) is 10.8 Å². The molecule has 0 bridgehead atoms. The van der Waals surface area contributed by atoms with Gasteiger partial charge in [-0.3, -0.25) is 4.79 Å². The highest BCUT2D eigenvalue weighted by Gasteiger charge is 2.09. The van der Waals surface area contributed by atoms with Gasteiger partial charge in [-0.15, -0.1) is 11.3 Å². The molecule has 102 valence electrons. The lowest BCUT2D eigenvalue weighted by Gasteiger charge is -2.13. The van der Waals surface area contributed by atoms with E-state index in [1.807, 2.05) is 24.6 Å². The number of carbonyl (C=O) groups is 1. The number of furan rings is 1. The monoisotopic (exact) mass is 280 g/mol. The minimum atomic E-state index is -0.748. The van der Waals surface area contributed by atoms with E-state index in [4.69, 9.17) is 9.52 Å². The molecule has 5 nitrogen and oxygen atoms in total. The van der Waals surface area contributed by atoms with Crippen LogP contribution in [-0.4, -0.2) is 34.6 Å². The zero-order valence-electron chi connectivity index (χ0n) is 10.7. The Morgan fingerprint density at radius 3 is 3.11 bits per heavy atom. The molecule has 6 heteroatoms. The Morgan fingerprint density at radius 2 is 2.42 bits per heavy atom. The van der Waals surface area contributed by atoms with Crippen LogP contribution >= 0.6 is 11.3 Å². The predicted molar refractivity (Wildman–Crippen MR) is 73.0 cm³/mol. The molecule has 0 amide bonds. The molecule has 1 N–H and O–H groups in total. The Hall–Kier alpha value is -1.66. The first-order valence-electron chi connectivity index (χ1n) is 6.04. The van der Waals surface area contributed by atoms with E-state index >= 15 is 0 Å². The Bertz CT molecular complexity index is 522. The average Bonchev–Trinajstić information content (AvgIpc) is 2.97. The van der Waals surface area contributed by atoms with Gasteiger partial charge in [-0.1, -0.05) is 0 Å². The fraction of sp³-hybridized carbons (Fsp3) is 0.385. The second-order valence-electron chi connectivity index (χ2n) is 4.36. The van der Waals surface area contributed by atoms with Crippen molar-refractivity contribution < 1.29 is 14.3 Å². The van der Waals surface area contributed by atoms with Crippen molar-refractivity contribution in [3.63, 3.8) is 0 Å². The predicted octanol–water partition coefficient (Wildman–Crippen LogP) is 2.70. The smallest absolute Gasteiger partial charge is 0.303 e. The number of nitrogens with zero attached hydrogens (tertiary/aromatic N) is 2. The number of hydrogen-bond acceptors (Lipinski definition) is 5. The van der Waals surface area contributed by atoms with Gasteiger partial charge in [0.25, 0.3) is 0 Å². The summed E-state index contributed by atoms with van der Waals surface area (Å²) in [4.78, 5) is 17.0. The van der Waals surface area contributed by atoms with Crippen LogP contribution in [0.2, 0.25) is 0 Å². The third-order valence-electron chi connectivity index (χ3n) is 2.65. The van der Waals surface area contributed by atoms with Crippen molar-refractivity contribution >= 4 is 17.3 Å². The second kappa shape index (κ2) is 6.49. The van der Waals surface area contributed by atoms with Crippen LogP contribution in [0.1, 0.15) is 18.5 Å². The van der Waals surface area contributed by atoms with E-state index in [-0.39, 0.29) is 6.42 Å². The topological polar surface area (TPSA) is 66.6 Å². The van der Waals surface area contributed by atoms with Gasteiger partial charge in [-0.25, -0.2) is 4.98 Å². The van der Waals surface area contributed by atoms with Crippen molar-refractivity contribution in [3.8, 4) is 10.8 Å². The number of carboxylic acids is 1. The van der Waals surface area contributed by atoms with Crippen LogP contribution in [0.25, 0.3) is 10.8 Å². The van der Waals surface area contributed by atoms with Crippen molar-refractivity contribution in [2.24, 2.45) is 0 Å². The van der Waals surface area contributed by atoms with Gasteiger partial charge >= 0.3 is 5.97 Å². The SMILES string of the molecule is CN(CCCC(=O)O)Cc1csc(-c2ccco2)n1. The lowest BCUT2D eigenvalue weighted by atomic mass is 10.3. The minimum Gasteiger partial charge on any atom is -0.481 e. The summed E-state index contributed by atoms with van der Waals surface area (Å²) in [5, 5.41) is 11.5. The fourth-order valence-corrected chi connectivity index (χ4v) is 2.53. The molecule has 0 atom stereocenters. The molecule has 0 aliphatic heterocycles. The van der Waals surface area contributed by atoms with E-state index in [2.05, 4.69) is 9.88 Å². The highest BCUT2D eigenvalue weighted by Crippen LogP contribution is 2.24. The van der Waals surface area contributed by atoms with E-state index in [9.17, 15) is 4.79 Å². The molecular formula is C13H16N2O3S. The quantitative estimate of drug-likeness (QED) is 0.844. The summed E-state index contributed by atoms with van der Waals surface area (Å²) in [6.45, 7) is 1.47. The Labute approximate surface area is 115 Å². The van der Waals surface area contributed by atoms with Crippen LogP contribution in [0, 0.1) is 0 Å². The molecule has 0 saturated carbocycles. The highest BCUT2D eigenvalue weighted by atomic mass is 32.1. The van der Waals surface area contributed by atoms with Gasteiger partial charge in [-0.05, 0) is 32.1 Å². The molecule has 0 spiro atoms. The molecule has 0 radical (unpaired) electrons. The van der Waals surface area contributed by atoms with E-state index in [1.54, 1.807) is 17.6 Å². The summed E-state index contributed by atoms with van der Waals surface area (Å²) in [5.74, 6) is 0.0342. The summed E-state index contributed by atoms with van der Waals surface area (Å²) in [6.07, 6.45) is 2.49. The fourth-order valence-electron chi connectivity index (χ4n) is 1.75. The first kappa shape index (κ1) is 13.8. The number of aromatic nitrogens is 1. The van der Waals surface area contributed by atoms with Gasteiger partial charge in [0, 0.05) is 18.3 Å². The van der Waals surface area contributed by atoms with Crippen molar-refractivity contribution in [2.45, 2.75) is 19.4 Å². The molecule has 2 aromatic rings. The maximum absolute atomic E-state index is 10.4. The molecule has 0 aliphatic rings. The molecule has 0 fully saturated rings. The molecule has 2 rings (SSSR count).